The van der Waals surface area contributed by atoms with E-state index >= 15 is 0 Å². The number of rotatable bonds is 9. The molecule has 0 spiro atoms. The van der Waals surface area contributed by atoms with Gasteiger partial charge in [-0.1, -0.05) is 80.7 Å². The minimum Gasteiger partial charge on any atom is -0.487 e. The summed E-state index contributed by atoms with van der Waals surface area (Å²) in [5.41, 5.74) is 1.69. The monoisotopic (exact) mass is 640 g/mol. The summed E-state index contributed by atoms with van der Waals surface area (Å²) in [5, 5.41) is 4.12. The quantitative estimate of drug-likeness (QED) is 0.104. The van der Waals surface area contributed by atoms with Crippen LogP contribution < -0.4 is 4.74 Å². The number of hydrogen-bond donors (Lipinski definition) is 0. The Bertz CT molecular complexity index is 1460. The molecule has 0 saturated carbocycles. The van der Waals surface area contributed by atoms with Crippen molar-refractivity contribution in [3.8, 4) is 5.75 Å². The Morgan fingerprint density at radius 1 is 0.949 bits per heavy atom. The van der Waals surface area contributed by atoms with Crippen molar-refractivity contribution in [3.63, 3.8) is 0 Å². The molecule has 0 fully saturated rings. The molecule has 4 nitrogen and oxygen atoms in total. The molecule has 4 aromatic rings. The van der Waals surface area contributed by atoms with Gasteiger partial charge in [-0.3, -0.25) is 4.98 Å². The predicted octanol–water partition coefficient (Wildman–Crippen LogP) is 8.90. The second-order valence-electron chi connectivity index (χ2n) is 8.29. The number of aromatic nitrogens is 1. The van der Waals surface area contributed by atoms with E-state index in [-0.39, 0.29) is 35.2 Å². The number of hydrogen-bond acceptors (Lipinski definition) is 4. The van der Waals surface area contributed by atoms with E-state index in [1.807, 2.05) is 24.3 Å². The number of benzene rings is 3. The van der Waals surface area contributed by atoms with E-state index < -0.39 is 17.6 Å². The number of alkyl halides is 3. The molecule has 0 aliphatic rings. The third kappa shape index (κ3) is 7.94. The summed E-state index contributed by atoms with van der Waals surface area (Å²) in [5.74, 6) is -0.0420. The fourth-order valence-electron chi connectivity index (χ4n) is 3.44. The van der Waals surface area contributed by atoms with E-state index in [1.54, 1.807) is 36.4 Å². The maximum absolute atomic E-state index is 14.2. The Morgan fingerprint density at radius 3 is 2.33 bits per heavy atom. The van der Waals surface area contributed by atoms with Gasteiger partial charge < -0.3 is 9.57 Å². The average molecular weight is 642 g/mol. The smallest absolute Gasteiger partial charge is 0.417 e. The fraction of sp³-hybridized carbons (Fsp3) is 0.143. The summed E-state index contributed by atoms with van der Waals surface area (Å²) in [6.07, 6.45) is -3.50. The van der Waals surface area contributed by atoms with Crippen LogP contribution in [-0.2, 0) is 24.0 Å². The largest absolute Gasteiger partial charge is 0.487 e. The summed E-state index contributed by atoms with van der Waals surface area (Å²) < 4.78 is 59.5. The third-order valence-electron chi connectivity index (χ3n) is 5.52. The zero-order valence-electron chi connectivity index (χ0n) is 20.0. The lowest BCUT2D eigenvalue weighted by Gasteiger charge is -2.11. The van der Waals surface area contributed by atoms with E-state index in [4.69, 9.17) is 32.8 Å². The highest BCUT2D eigenvalue weighted by molar-refractivity contribution is 9.10. The molecule has 1 aromatic heterocycles. The minimum atomic E-state index is -4.51. The van der Waals surface area contributed by atoms with Crippen LogP contribution in [0.15, 0.2) is 88.6 Å². The van der Waals surface area contributed by atoms with Crippen LogP contribution in [0, 0.1) is 5.82 Å². The van der Waals surface area contributed by atoms with Gasteiger partial charge in [0.05, 0.1) is 21.3 Å². The van der Waals surface area contributed by atoms with Crippen LogP contribution in [0.2, 0.25) is 10.0 Å². The first-order chi connectivity index (χ1) is 18.6. The summed E-state index contributed by atoms with van der Waals surface area (Å²) in [4.78, 5) is 9.30. The first-order valence-electron chi connectivity index (χ1n) is 11.4. The van der Waals surface area contributed by atoms with Gasteiger partial charge in [-0.25, -0.2) is 4.39 Å². The molecular weight excluding hydrogens is 623 g/mol. The fourth-order valence-corrected chi connectivity index (χ4v) is 4.14. The molecule has 0 amide bonds. The molecule has 4 rings (SSSR count). The first kappa shape index (κ1) is 28.9. The normalized spacial score (nSPS) is 11.9. The molecule has 0 atom stereocenters. The second-order valence-corrected chi connectivity index (χ2v) is 10.0. The van der Waals surface area contributed by atoms with Gasteiger partial charge in [0, 0.05) is 28.2 Å². The van der Waals surface area contributed by atoms with E-state index in [2.05, 4.69) is 26.1 Å². The molecule has 11 heteroatoms. The van der Waals surface area contributed by atoms with Gasteiger partial charge in [0.2, 0.25) is 0 Å². The number of halogens is 7. The lowest BCUT2D eigenvalue weighted by Crippen LogP contribution is -2.14. The Labute approximate surface area is 240 Å². The molecule has 0 radical (unpaired) electrons. The maximum atomic E-state index is 14.2. The Balaban J connectivity index is 1.43. The van der Waals surface area contributed by atoms with Crippen LogP contribution in [0.3, 0.4) is 0 Å². The molecule has 3 aromatic carbocycles. The van der Waals surface area contributed by atoms with Crippen LogP contribution in [0.1, 0.15) is 27.9 Å². The number of oxime groups is 1. The van der Waals surface area contributed by atoms with Crippen molar-refractivity contribution in [3.05, 3.63) is 127 Å². The van der Waals surface area contributed by atoms with Gasteiger partial charge >= 0.3 is 6.18 Å². The topological polar surface area (TPSA) is 43.7 Å². The van der Waals surface area contributed by atoms with E-state index in [1.165, 1.54) is 6.07 Å². The van der Waals surface area contributed by atoms with E-state index in [0.717, 1.165) is 27.9 Å². The van der Waals surface area contributed by atoms with Crippen molar-refractivity contribution >= 4 is 44.8 Å². The molecule has 0 aliphatic carbocycles. The van der Waals surface area contributed by atoms with Crippen molar-refractivity contribution in [2.45, 2.75) is 19.2 Å². The number of nitrogens with zero attached hydrogens (tertiary/aromatic N) is 2. The van der Waals surface area contributed by atoms with Gasteiger partial charge in [-0.2, -0.15) is 13.2 Å². The van der Waals surface area contributed by atoms with E-state index in [9.17, 15) is 17.6 Å². The van der Waals surface area contributed by atoms with Gasteiger partial charge in [0.15, 0.2) is 0 Å². The highest BCUT2D eigenvalue weighted by Gasteiger charge is 2.31. The van der Waals surface area contributed by atoms with Gasteiger partial charge in [0.25, 0.3) is 0 Å². The van der Waals surface area contributed by atoms with Gasteiger partial charge in [-0.15, -0.1) is 0 Å². The molecule has 202 valence electrons. The van der Waals surface area contributed by atoms with Gasteiger partial charge in [-0.05, 0) is 42.0 Å². The van der Waals surface area contributed by atoms with Crippen LogP contribution in [0.5, 0.6) is 5.75 Å². The summed E-state index contributed by atoms with van der Waals surface area (Å²) >= 11 is 15.2. The highest BCUT2D eigenvalue weighted by atomic mass is 79.9. The van der Waals surface area contributed by atoms with Crippen molar-refractivity contribution in [2.24, 2.45) is 5.16 Å². The van der Waals surface area contributed by atoms with Crippen molar-refractivity contribution < 1.29 is 27.1 Å². The van der Waals surface area contributed by atoms with E-state index in [0.29, 0.717) is 17.2 Å². The van der Waals surface area contributed by atoms with Gasteiger partial charge in [0.1, 0.15) is 30.5 Å². The standard InChI is InChI=1S/C28H19BrCl2F4N2O2/c29-21-8-6-18(7-9-21)26(37-39-15-19-2-1-3-23(30)27(19)32)16-38-22-10-4-17(5-11-22)12-25-24(31)13-20(14-36-25)28(33,34)35/h1-11,13-14H,12,15-16H2/b37-26-. The lowest BCUT2D eigenvalue weighted by atomic mass is 10.1. The Morgan fingerprint density at radius 2 is 1.67 bits per heavy atom. The summed E-state index contributed by atoms with van der Waals surface area (Å²) in [7, 11) is 0. The van der Waals surface area contributed by atoms with Crippen LogP contribution in [0.25, 0.3) is 0 Å². The molecule has 0 aliphatic heterocycles. The lowest BCUT2D eigenvalue weighted by molar-refractivity contribution is -0.137. The molecule has 0 unspecified atom stereocenters. The predicted molar refractivity (Wildman–Crippen MR) is 146 cm³/mol. The zero-order chi connectivity index (χ0) is 28.0. The second kappa shape index (κ2) is 12.8. The van der Waals surface area contributed by atoms with Crippen LogP contribution >= 0.6 is 39.1 Å². The zero-order valence-corrected chi connectivity index (χ0v) is 23.1. The highest BCUT2D eigenvalue weighted by Crippen LogP contribution is 2.31. The number of ether oxygens (including phenoxy) is 1. The summed E-state index contributed by atoms with van der Waals surface area (Å²) in [6.45, 7) is -0.0764. The first-order valence-corrected chi connectivity index (χ1v) is 13.0. The summed E-state index contributed by atoms with van der Waals surface area (Å²) in [6, 6.07) is 19.8. The van der Waals surface area contributed by atoms with Crippen LogP contribution in [-0.4, -0.2) is 17.3 Å². The average Bonchev–Trinajstić information content (AvgIpc) is 2.90. The van der Waals surface area contributed by atoms with Crippen molar-refractivity contribution in [1.29, 1.82) is 0 Å². The van der Waals surface area contributed by atoms with Crippen LogP contribution in [0.4, 0.5) is 17.6 Å². The maximum Gasteiger partial charge on any atom is 0.417 e. The molecule has 39 heavy (non-hydrogen) atoms. The molecule has 1 heterocycles. The third-order valence-corrected chi connectivity index (χ3v) is 6.67. The SMILES string of the molecule is Fc1c(Cl)cccc1CO/N=C(/COc1ccc(Cc2ncc(C(F)(F)F)cc2Cl)cc1)c1ccc(Br)cc1. The number of pyridine rings is 1. The molecule has 0 N–H and O–H groups in total. The molecular formula is C28H19BrCl2F4N2O2. The molecule has 0 bridgehead atoms. The Kier molecular flexibility index (Phi) is 9.48. The molecule has 0 saturated heterocycles. The van der Waals surface area contributed by atoms with Crippen molar-refractivity contribution in [2.75, 3.05) is 6.61 Å². The van der Waals surface area contributed by atoms with Crippen molar-refractivity contribution in [1.82, 2.24) is 4.98 Å². The minimum absolute atomic E-state index is 0.00336. The Hall–Kier alpha value is -3.14.